The van der Waals surface area contributed by atoms with Crippen molar-refractivity contribution in [2.45, 2.75) is 152 Å². The molecular weight excluding hydrogens is 1870 g/mol. The van der Waals surface area contributed by atoms with Gasteiger partial charge in [0.2, 0.25) is 41.0 Å². The second-order valence-electron chi connectivity index (χ2n) is 34.0. The van der Waals surface area contributed by atoms with Gasteiger partial charge in [-0.3, -0.25) is 28.8 Å². The van der Waals surface area contributed by atoms with Crippen molar-refractivity contribution >= 4 is 63.0 Å². The Morgan fingerprint density at radius 3 is 0.836 bits per heavy atom. The van der Waals surface area contributed by atoms with Crippen molar-refractivity contribution in [1.82, 2.24) is 31.9 Å². The third-order valence-electron chi connectivity index (χ3n) is 23.4. The monoisotopic (exact) mass is 2030 g/mol. The average Bonchev–Trinajstić information content (AvgIpc) is 0.821. The number of carbonyl (C=O) groups excluding carboxylic acids is 7. The van der Waals surface area contributed by atoms with E-state index >= 15 is 9.59 Å². The molecule has 8 bridgehead atoms. The van der Waals surface area contributed by atoms with Crippen molar-refractivity contribution in [2.24, 2.45) is 23.7 Å². The van der Waals surface area contributed by atoms with Crippen LogP contribution in [0.4, 0.5) is 0 Å². The van der Waals surface area contributed by atoms with Crippen molar-refractivity contribution < 1.29 is 161 Å². The van der Waals surface area contributed by atoms with Crippen LogP contribution in [0.25, 0.3) is 0 Å². The highest BCUT2D eigenvalue weighted by atomic mass is 33.1. The number of fused-ring (bicyclic) bond motifs is 8. The van der Waals surface area contributed by atoms with Gasteiger partial charge < -0.3 is 160 Å². The molecule has 1 heterocycles. The lowest BCUT2D eigenvalue weighted by Crippen LogP contribution is -2.52. The summed E-state index contributed by atoms with van der Waals surface area (Å²) in [5, 5.41) is 19.0. The minimum atomic E-state index is -1.28. The lowest BCUT2D eigenvalue weighted by molar-refractivity contribution is -0.145. The largest absolute Gasteiger partial charge is 0.489 e. The molecule has 1 saturated heterocycles. The highest BCUT2D eigenvalue weighted by Gasteiger charge is 2.39. The molecule has 0 spiro atoms. The summed E-state index contributed by atoms with van der Waals surface area (Å²) in [6.45, 7) is 9.65. The zero-order valence-electron chi connectivity index (χ0n) is 83.1. The normalized spacial score (nSPS) is 20.7. The van der Waals surface area contributed by atoms with Gasteiger partial charge in [0.1, 0.15) is 76.4 Å². The number of hydrogen-bond donors (Lipinski definition) is 6. The molecule has 4 saturated carbocycles. The van der Waals surface area contributed by atoms with Gasteiger partial charge in [-0.05, 0) is 125 Å². The maximum absolute atomic E-state index is 15.7. The molecule has 8 rings (SSSR count). The fourth-order valence-corrected chi connectivity index (χ4v) is 18.4. The van der Waals surface area contributed by atoms with Crippen LogP contribution in [-0.2, 0) is 132 Å². The molecule has 5 fully saturated rings. The highest BCUT2D eigenvalue weighted by Crippen LogP contribution is 2.43. The van der Waals surface area contributed by atoms with Gasteiger partial charge in [-0.25, -0.2) is 4.79 Å². The maximum Gasteiger partial charge on any atom is 0.329 e. The Hall–Kier alpha value is -7.67. The van der Waals surface area contributed by atoms with Crippen molar-refractivity contribution in [3.05, 3.63) is 59.2 Å². The van der Waals surface area contributed by atoms with Crippen LogP contribution in [0.5, 0.6) is 46.0 Å². The molecule has 3 aromatic rings. The molecule has 6 amide bonds. The molecule has 0 radical (unpaired) electrons. The zero-order chi connectivity index (χ0) is 99.5. The van der Waals surface area contributed by atoms with E-state index in [1.807, 2.05) is 0 Å². The third kappa shape index (κ3) is 47.9. The van der Waals surface area contributed by atoms with Gasteiger partial charge in [-0.2, -0.15) is 0 Å². The quantitative estimate of drug-likeness (QED) is 0.0187. The maximum atomic E-state index is 15.7. The molecule has 42 heteroatoms. The standard InChI is InChI=1S/C98H156N6O34S2/c1-112-20-26-119-32-38-125-44-50-131-86-56-71(57-87(132-51-45-126-39-33-120-27-21-113-2)90(86)135-54-48-129-42-36-123-30-24-116-5)67-137-82-64-77(65-83(66-82)138-68-72-58-88(133-52-46-127-40-34-121-28-22-114-3)91(136-55-49-130-43-37-124-31-25-117-6)89(59-72)134-53-47-128-41-35-122-29-23-115-4)96(109)103-84-69-139-140-70-85(98(111)118-7)104-95(108)76-15-11-18-80(63-76)101-93(106)74-13-9-16-78(61-74)99-92(105)73-12-8-17-79(60-73)100-94(107)75-14-10-19-81(62-75)102-97(84)110/h56-59,64-66,73-76,78-81,84-85H,8-55,60-63,67-70H2,1-7H3,(H,99,105)(H,100,107)(H,101,106)(H,102,110)(H,103,109)(H,104,108)/t73-,74-,75-,76-,78+,79+,80+,81+,84+,85+/m1/s1. The van der Waals surface area contributed by atoms with Gasteiger partial charge in [0.05, 0.1) is 205 Å². The molecule has 3 aromatic carbocycles. The number of hydrogen-bond acceptors (Lipinski definition) is 36. The van der Waals surface area contributed by atoms with E-state index in [9.17, 15) is 24.0 Å². The van der Waals surface area contributed by atoms with Gasteiger partial charge in [0.25, 0.3) is 5.91 Å². The first kappa shape index (κ1) is 118. The van der Waals surface area contributed by atoms with Crippen molar-refractivity contribution in [1.29, 1.82) is 0 Å². The number of esters is 1. The summed E-state index contributed by atoms with van der Waals surface area (Å²) in [7, 11) is 13.2. The van der Waals surface area contributed by atoms with Crippen LogP contribution >= 0.6 is 21.6 Å². The SMILES string of the molecule is COCCOCCOCCOc1cc(COc2cc(OCc3cc(OCCOCCOCCOC)c(OCCOCCOCCOC)c(OCCOCCOCCOC)c3)cc(C(=O)N[C@H]3CSSC[C@@H](C(=O)OC)NC(=O)[C@@H]4CCC[C@@H](C4)NC(=O)[C@@H]4CCC[C@@H](C4)NC(=O)[C@@H]4CCC[C@@H](C4)NC(=O)[C@@H]4CCC[C@@H](C4)NC3=O)c2)cc(OCCOCCOCCOC)c1OCCOCCOCCOC. The Morgan fingerprint density at radius 2 is 0.550 bits per heavy atom. The number of amides is 6. The van der Waals surface area contributed by atoms with Crippen LogP contribution < -0.4 is 69.8 Å². The van der Waals surface area contributed by atoms with E-state index in [1.165, 1.54) is 40.8 Å². The van der Waals surface area contributed by atoms with Gasteiger partial charge in [0, 0.05) is 114 Å². The second kappa shape index (κ2) is 73.4. The first-order chi connectivity index (χ1) is 68.6. The number of ether oxygens (including phenoxy) is 27. The lowest BCUT2D eigenvalue weighted by atomic mass is 9.81. The summed E-state index contributed by atoms with van der Waals surface area (Å²) >= 11 is 0. The Balaban J connectivity index is 1.16. The van der Waals surface area contributed by atoms with E-state index in [-0.39, 0.29) is 236 Å². The van der Waals surface area contributed by atoms with Crippen LogP contribution in [0.2, 0.25) is 0 Å². The predicted molar refractivity (Wildman–Crippen MR) is 518 cm³/mol. The molecule has 40 nitrogen and oxygen atoms in total. The zero-order valence-corrected chi connectivity index (χ0v) is 84.7. The van der Waals surface area contributed by atoms with E-state index in [0.29, 0.717) is 227 Å². The first-order valence-corrected chi connectivity index (χ1v) is 51.6. The van der Waals surface area contributed by atoms with Gasteiger partial charge in [0.15, 0.2) is 23.0 Å². The molecular formula is C98H156N6O34S2. The fourth-order valence-electron chi connectivity index (χ4n) is 16.1. The summed E-state index contributed by atoms with van der Waals surface area (Å²) < 4.78 is 158. The van der Waals surface area contributed by atoms with Gasteiger partial charge >= 0.3 is 5.97 Å². The molecule has 5 aliphatic rings. The minimum absolute atomic E-state index is 0.00306. The van der Waals surface area contributed by atoms with Crippen LogP contribution in [0.1, 0.15) is 124 Å². The number of rotatable bonds is 69. The molecule has 1 aliphatic heterocycles. The summed E-state index contributed by atoms with van der Waals surface area (Å²) in [6.07, 6.45) is 9.49. The topological polar surface area (TPSA) is 441 Å². The Kier molecular flexibility index (Phi) is 61.6. The second-order valence-corrected chi connectivity index (χ2v) is 36.5. The lowest BCUT2D eigenvalue weighted by Gasteiger charge is -2.35. The van der Waals surface area contributed by atoms with Crippen LogP contribution in [0.3, 0.4) is 0 Å². The van der Waals surface area contributed by atoms with E-state index in [2.05, 4.69) is 31.9 Å². The molecule has 0 unspecified atom stereocenters. The molecule has 6 N–H and O–H groups in total. The van der Waals surface area contributed by atoms with Crippen LogP contribution in [0, 0.1) is 23.7 Å². The Labute approximate surface area is 832 Å². The molecule has 4 aliphatic carbocycles. The Morgan fingerprint density at radius 1 is 0.293 bits per heavy atom. The van der Waals surface area contributed by atoms with E-state index in [1.54, 1.807) is 73.0 Å². The van der Waals surface area contributed by atoms with E-state index in [0.717, 1.165) is 19.3 Å². The fraction of sp³-hybridized carbons (Fsp3) is 0.745. The van der Waals surface area contributed by atoms with Gasteiger partial charge in [-0.1, -0.05) is 47.3 Å². The molecule has 10 atom stereocenters. The van der Waals surface area contributed by atoms with E-state index in [4.69, 9.17) is 128 Å². The molecule has 794 valence electrons. The number of benzene rings is 3. The summed E-state index contributed by atoms with van der Waals surface area (Å²) in [6, 6.07) is 7.97. The predicted octanol–water partition coefficient (Wildman–Crippen LogP) is 7.05. The van der Waals surface area contributed by atoms with Crippen LogP contribution in [-0.4, -0.2) is 377 Å². The third-order valence-corrected chi connectivity index (χ3v) is 25.8. The summed E-state index contributed by atoms with van der Waals surface area (Å²) in [4.78, 5) is 102. The first-order valence-electron chi connectivity index (χ1n) is 49.1. The summed E-state index contributed by atoms with van der Waals surface area (Å²) in [5.41, 5.74) is 1.02. The number of methoxy groups -OCH3 is 7. The van der Waals surface area contributed by atoms with Crippen molar-refractivity contribution in [3.63, 3.8) is 0 Å². The minimum Gasteiger partial charge on any atom is -0.489 e. The Bertz CT molecular complexity index is 3700. The molecule has 140 heavy (non-hydrogen) atoms. The van der Waals surface area contributed by atoms with Gasteiger partial charge in [-0.15, -0.1) is 0 Å². The number of carbonyl (C=O) groups is 7. The molecule has 0 aromatic heterocycles. The van der Waals surface area contributed by atoms with Crippen molar-refractivity contribution in [3.8, 4) is 46.0 Å². The highest BCUT2D eigenvalue weighted by molar-refractivity contribution is 8.76. The average molecular weight is 2030 g/mol. The van der Waals surface area contributed by atoms with E-state index < -0.39 is 47.7 Å². The number of nitrogens with one attached hydrogen (secondary N) is 6. The summed E-state index contributed by atoms with van der Waals surface area (Å²) in [5.74, 6) is -2.61. The smallest absolute Gasteiger partial charge is 0.329 e. The van der Waals surface area contributed by atoms with Crippen molar-refractivity contribution in [2.75, 3.05) is 299 Å². The van der Waals surface area contributed by atoms with Crippen LogP contribution in [0.15, 0.2) is 42.5 Å².